The topological polar surface area (TPSA) is 104 Å². The van der Waals surface area contributed by atoms with Crippen LogP contribution in [-0.4, -0.2) is 30.2 Å². The quantitative estimate of drug-likeness (QED) is 0.577. The molecule has 2 aromatic carbocycles. The van der Waals surface area contributed by atoms with E-state index in [1.165, 1.54) is 29.6 Å². The standard InChI is InChI=1S/C12H8F3NO5S/c13-12(14,15)11(18)16-10-7-4-2-1-3-6(7)9(5-8(10)17)22(19,20)21/h1-5,17H,(H,16,18)(H,19,20,21). The van der Waals surface area contributed by atoms with Crippen LogP contribution < -0.4 is 5.32 Å². The van der Waals surface area contributed by atoms with E-state index in [0.717, 1.165) is 0 Å². The second-order valence-corrected chi connectivity index (χ2v) is 5.63. The molecule has 1 amide bonds. The molecule has 0 aliphatic rings. The second kappa shape index (κ2) is 5.14. The van der Waals surface area contributed by atoms with Gasteiger partial charge < -0.3 is 10.4 Å². The summed E-state index contributed by atoms with van der Waals surface area (Å²) in [6, 6.07) is 5.70. The maximum atomic E-state index is 12.3. The van der Waals surface area contributed by atoms with Crippen molar-refractivity contribution in [2.75, 3.05) is 5.32 Å². The Labute approximate surface area is 121 Å². The van der Waals surface area contributed by atoms with E-state index in [9.17, 15) is 31.5 Å². The first-order chi connectivity index (χ1) is 10.0. The molecule has 0 saturated heterocycles. The van der Waals surface area contributed by atoms with Crippen LogP contribution in [0.1, 0.15) is 0 Å². The van der Waals surface area contributed by atoms with Gasteiger partial charge in [0, 0.05) is 16.8 Å². The van der Waals surface area contributed by atoms with E-state index < -0.39 is 38.5 Å². The van der Waals surface area contributed by atoms with E-state index in [0.29, 0.717) is 6.07 Å². The first-order valence-corrected chi connectivity index (χ1v) is 7.06. The number of nitrogens with one attached hydrogen (secondary N) is 1. The van der Waals surface area contributed by atoms with Crippen molar-refractivity contribution in [1.29, 1.82) is 0 Å². The average molecular weight is 335 g/mol. The summed E-state index contributed by atoms with van der Waals surface area (Å²) in [6.45, 7) is 0. The molecule has 3 N–H and O–H groups in total. The van der Waals surface area contributed by atoms with Gasteiger partial charge in [0.25, 0.3) is 10.1 Å². The number of carbonyl (C=O) groups excluding carboxylic acids is 1. The van der Waals surface area contributed by atoms with Crippen LogP contribution in [-0.2, 0) is 14.9 Å². The molecule has 0 heterocycles. The Morgan fingerprint density at radius 3 is 2.18 bits per heavy atom. The van der Waals surface area contributed by atoms with Gasteiger partial charge in [0.1, 0.15) is 10.6 Å². The molecule has 0 spiro atoms. The van der Waals surface area contributed by atoms with Crippen molar-refractivity contribution in [3.05, 3.63) is 30.3 Å². The summed E-state index contributed by atoms with van der Waals surface area (Å²) in [5.41, 5.74) is -0.606. The number of hydrogen-bond acceptors (Lipinski definition) is 4. The van der Waals surface area contributed by atoms with Gasteiger partial charge in [-0.2, -0.15) is 21.6 Å². The number of amides is 1. The number of phenolic OH excluding ortho intramolecular Hbond substituents is 1. The molecule has 0 radical (unpaired) electrons. The van der Waals surface area contributed by atoms with Crippen molar-refractivity contribution in [2.24, 2.45) is 0 Å². The van der Waals surface area contributed by atoms with Gasteiger partial charge >= 0.3 is 12.1 Å². The van der Waals surface area contributed by atoms with Crippen LogP contribution >= 0.6 is 0 Å². The minimum atomic E-state index is -5.19. The summed E-state index contributed by atoms with van der Waals surface area (Å²) in [4.78, 5) is 10.3. The van der Waals surface area contributed by atoms with E-state index in [1.54, 1.807) is 0 Å². The lowest BCUT2D eigenvalue weighted by Crippen LogP contribution is -2.30. The molecule has 0 fully saturated rings. The Hall–Kier alpha value is -2.33. The lowest BCUT2D eigenvalue weighted by Gasteiger charge is -2.14. The molecule has 0 unspecified atom stereocenters. The molecule has 0 aliphatic heterocycles. The molecule has 22 heavy (non-hydrogen) atoms. The largest absolute Gasteiger partial charge is 0.506 e. The van der Waals surface area contributed by atoms with Crippen LogP contribution in [0.25, 0.3) is 10.8 Å². The second-order valence-electron chi connectivity index (χ2n) is 4.24. The number of aromatic hydroxyl groups is 1. The van der Waals surface area contributed by atoms with E-state index in [2.05, 4.69) is 0 Å². The Morgan fingerprint density at radius 2 is 1.68 bits per heavy atom. The Morgan fingerprint density at radius 1 is 1.14 bits per heavy atom. The molecule has 0 saturated carbocycles. The van der Waals surface area contributed by atoms with Crippen molar-refractivity contribution in [1.82, 2.24) is 0 Å². The van der Waals surface area contributed by atoms with Crippen molar-refractivity contribution < 1.29 is 36.0 Å². The number of benzene rings is 2. The van der Waals surface area contributed by atoms with Crippen molar-refractivity contribution in [3.8, 4) is 5.75 Å². The van der Waals surface area contributed by atoms with Gasteiger partial charge in [0.05, 0.1) is 5.69 Å². The van der Waals surface area contributed by atoms with E-state index in [-0.39, 0.29) is 10.8 Å². The number of rotatable bonds is 2. The Kier molecular flexibility index (Phi) is 3.75. The van der Waals surface area contributed by atoms with Crippen LogP contribution in [0, 0.1) is 0 Å². The maximum absolute atomic E-state index is 12.3. The third-order valence-electron chi connectivity index (χ3n) is 2.76. The number of alkyl halides is 3. The van der Waals surface area contributed by atoms with Crippen LogP contribution in [0.2, 0.25) is 0 Å². The van der Waals surface area contributed by atoms with E-state index in [4.69, 9.17) is 4.55 Å². The number of hydrogen-bond donors (Lipinski definition) is 3. The number of halogens is 3. The average Bonchev–Trinajstić information content (AvgIpc) is 2.39. The van der Waals surface area contributed by atoms with Crippen molar-refractivity contribution in [2.45, 2.75) is 11.1 Å². The zero-order valence-electron chi connectivity index (χ0n) is 10.5. The lowest BCUT2D eigenvalue weighted by molar-refractivity contribution is -0.167. The van der Waals surface area contributed by atoms with Gasteiger partial charge in [0.15, 0.2) is 0 Å². The molecule has 2 aromatic rings. The molecule has 6 nitrogen and oxygen atoms in total. The van der Waals surface area contributed by atoms with Crippen molar-refractivity contribution >= 4 is 32.5 Å². The molecule has 0 aliphatic carbocycles. The van der Waals surface area contributed by atoms with E-state index >= 15 is 0 Å². The number of fused-ring (bicyclic) bond motifs is 1. The minimum absolute atomic E-state index is 0.153. The van der Waals surface area contributed by atoms with E-state index in [1.807, 2.05) is 0 Å². The minimum Gasteiger partial charge on any atom is -0.506 e. The van der Waals surface area contributed by atoms with Crippen LogP contribution in [0.5, 0.6) is 5.75 Å². The predicted octanol–water partition coefficient (Wildman–Crippen LogP) is 2.29. The molecule has 0 aromatic heterocycles. The SMILES string of the molecule is O=C(Nc1c(O)cc(S(=O)(=O)O)c2ccccc12)C(F)(F)F. The number of anilines is 1. The molecular weight excluding hydrogens is 327 g/mol. The molecule has 0 atom stereocenters. The summed E-state index contributed by atoms with van der Waals surface area (Å²) in [6.07, 6.45) is -5.19. The lowest BCUT2D eigenvalue weighted by atomic mass is 10.1. The number of carbonyl (C=O) groups is 1. The van der Waals surface area contributed by atoms with Gasteiger partial charge in [-0.05, 0) is 0 Å². The maximum Gasteiger partial charge on any atom is 0.471 e. The highest BCUT2D eigenvalue weighted by Gasteiger charge is 2.39. The normalized spacial score (nSPS) is 12.4. The third kappa shape index (κ3) is 2.97. The van der Waals surface area contributed by atoms with Gasteiger partial charge in [0.2, 0.25) is 0 Å². The third-order valence-corrected chi connectivity index (χ3v) is 3.65. The molecule has 10 heteroatoms. The fraction of sp³-hybridized carbons (Fsp3) is 0.0833. The zero-order chi connectivity index (χ0) is 16.7. The summed E-state index contributed by atoms with van der Waals surface area (Å²) >= 11 is 0. The first-order valence-electron chi connectivity index (χ1n) is 5.62. The van der Waals surface area contributed by atoms with Crippen LogP contribution in [0.3, 0.4) is 0 Å². The van der Waals surface area contributed by atoms with Gasteiger partial charge in [-0.15, -0.1) is 0 Å². The fourth-order valence-electron chi connectivity index (χ4n) is 1.86. The van der Waals surface area contributed by atoms with Crippen molar-refractivity contribution in [3.63, 3.8) is 0 Å². The fourth-order valence-corrected chi connectivity index (χ4v) is 2.57. The highest BCUT2D eigenvalue weighted by atomic mass is 32.2. The highest BCUT2D eigenvalue weighted by molar-refractivity contribution is 7.86. The Bertz CT molecular complexity index is 861. The summed E-state index contributed by atoms with van der Waals surface area (Å²) in [5.74, 6) is -3.25. The van der Waals surface area contributed by atoms with Gasteiger partial charge in [-0.1, -0.05) is 24.3 Å². The summed E-state index contributed by atoms with van der Waals surface area (Å²) in [5, 5.41) is 10.9. The predicted molar refractivity (Wildman–Crippen MR) is 70.1 cm³/mol. The molecule has 2 rings (SSSR count). The highest BCUT2D eigenvalue weighted by Crippen LogP contribution is 2.37. The molecular formula is C12H8F3NO5S. The summed E-state index contributed by atoms with van der Waals surface area (Å²) < 4.78 is 68.6. The monoisotopic (exact) mass is 335 g/mol. The van der Waals surface area contributed by atoms with Gasteiger partial charge in [-0.3, -0.25) is 9.35 Å². The molecule has 118 valence electrons. The smallest absolute Gasteiger partial charge is 0.471 e. The Balaban J connectivity index is 2.73. The van der Waals surface area contributed by atoms with Gasteiger partial charge in [-0.25, -0.2) is 0 Å². The van der Waals surface area contributed by atoms with Crippen LogP contribution in [0.15, 0.2) is 35.2 Å². The zero-order valence-corrected chi connectivity index (χ0v) is 11.4. The first kappa shape index (κ1) is 16.0. The summed E-state index contributed by atoms with van der Waals surface area (Å²) in [7, 11) is -4.72. The number of phenols is 1. The van der Waals surface area contributed by atoms with Crippen LogP contribution in [0.4, 0.5) is 18.9 Å². The molecule has 0 bridgehead atoms.